The minimum absolute atomic E-state index is 0.0190. The van der Waals surface area contributed by atoms with Crippen LogP contribution >= 0.6 is 0 Å². The van der Waals surface area contributed by atoms with Gasteiger partial charge in [0.05, 0.1) is 12.7 Å². The molecule has 0 saturated heterocycles. The number of carboxylic acid groups (broad SMARTS) is 1. The van der Waals surface area contributed by atoms with Crippen LogP contribution in [0.4, 0.5) is 0 Å². The molecule has 0 heterocycles. The lowest BCUT2D eigenvalue weighted by Gasteiger charge is -2.18. The predicted octanol–water partition coefficient (Wildman–Crippen LogP) is 1.98. The Hall–Kier alpha value is -1.86. The Morgan fingerprint density at radius 3 is 2.67 bits per heavy atom. The lowest BCUT2D eigenvalue weighted by molar-refractivity contribution is 0.0696. The average molecular weight is 313 g/mol. The highest BCUT2D eigenvalue weighted by molar-refractivity contribution is 7.89. The van der Waals surface area contributed by atoms with Crippen LogP contribution in [-0.4, -0.2) is 44.5 Å². The van der Waals surface area contributed by atoms with E-state index in [2.05, 4.69) is 6.58 Å². The van der Waals surface area contributed by atoms with Crippen LogP contribution in [0, 0.1) is 0 Å². The molecule has 1 rings (SSSR count). The van der Waals surface area contributed by atoms with Gasteiger partial charge in [-0.25, -0.2) is 17.5 Å². The van der Waals surface area contributed by atoms with Crippen molar-refractivity contribution in [3.05, 3.63) is 36.4 Å². The van der Waals surface area contributed by atoms with E-state index >= 15 is 0 Å². The quantitative estimate of drug-likeness (QED) is 0.586. The van der Waals surface area contributed by atoms with Gasteiger partial charge in [0.15, 0.2) is 0 Å². The maximum Gasteiger partial charge on any atom is 0.335 e. The molecule has 0 aliphatic rings. The van der Waals surface area contributed by atoms with Gasteiger partial charge in [0.2, 0.25) is 10.0 Å². The maximum atomic E-state index is 12.5. The minimum Gasteiger partial charge on any atom is -0.495 e. The largest absolute Gasteiger partial charge is 0.495 e. The highest BCUT2D eigenvalue weighted by atomic mass is 32.2. The van der Waals surface area contributed by atoms with Crippen molar-refractivity contribution in [2.75, 3.05) is 20.7 Å². The van der Waals surface area contributed by atoms with Gasteiger partial charge in [0.1, 0.15) is 10.6 Å². The molecule has 0 unspecified atom stereocenters. The van der Waals surface area contributed by atoms with E-state index in [1.807, 2.05) is 0 Å². The Kier molecular flexibility index (Phi) is 5.92. The third kappa shape index (κ3) is 4.05. The Labute approximate surface area is 124 Å². The number of benzene rings is 1. The van der Waals surface area contributed by atoms with Crippen LogP contribution < -0.4 is 4.74 Å². The van der Waals surface area contributed by atoms with E-state index < -0.39 is 16.0 Å². The van der Waals surface area contributed by atoms with Gasteiger partial charge in [-0.15, -0.1) is 6.58 Å². The molecular formula is C14H19NO5S. The fourth-order valence-electron chi connectivity index (χ4n) is 1.76. The van der Waals surface area contributed by atoms with Gasteiger partial charge < -0.3 is 9.84 Å². The summed E-state index contributed by atoms with van der Waals surface area (Å²) in [5.41, 5.74) is -0.0277. The van der Waals surface area contributed by atoms with Crippen molar-refractivity contribution >= 4 is 16.0 Å². The molecule has 0 amide bonds. The molecule has 0 aliphatic carbocycles. The zero-order chi connectivity index (χ0) is 16.0. The summed E-state index contributed by atoms with van der Waals surface area (Å²) in [7, 11) is -0.945. The number of hydrogen-bond donors (Lipinski definition) is 1. The number of sulfonamides is 1. The number of rotatable bonds is 8. The molecule has 1 aromatic carbocycles. The first kappa shape index (κ1) is 17.2. The summed E-state index contributed by atoms with van der Waals surface area (Å²) < 4.78 is 31.1. The van der Waals surface area contributed by atoms with Crippen LogP contribution in [0.1, 0.15) is 23.2 Å². The van der Waals surface area contributed by atoms with E-state index in [1.165, 1.54) is 36.7 Å². The second-order valence-corrected chi connectivity index (χ2v) is 6.44. The Morgan fingerprint density at radius 2 is 2.14 bits per heavy atom. The lowest BCUT2D eigenvalue weighted by Crippen LogP contribution is -2.28. The summed E-state index contributed by atoms with van der Waals surface area (Å²) in [4.78, 5) is 10.9. The molecule has 6 nitrogen and oxygen atoms in total. The van der Waals surface area contributed by atoms with Gasteiger partial charge in [0, 0.05) is 13.6 Å². The highest BCUT2D eigenvalue weighted by Crippen LogP contribution is 2.27. The molecule has 0 saturated carbocycles. The molecule has 21 heavy (non-hydrogen) atoms. The zero-order valence-electron chi connectivity index (χ0n) is 12.1. The van der Waals surface area contributed by atoms with E-state index in [0.717, 1.165) is 6.42 Å². The highest BCUT2D eigenvalue weighted by Gasteiger charge is 2.25. The van der Waals surface area contributed by atoms with Crippen LogP contribution in [0.2, 0.25) is 0 Å². The lowest BCUT2D eigenvalue weighted by atomic mass is 10.2. The van der Waals surface area contributed by atoms with E-state index in [0.29, 0.717) is 13.0 Å². The number of methoxy groups -OCH3 is 1. The SMILES string of the molecule is C=CCCCN(C)S(=O)(=O)c1ccc(C(=O)O)cc1OC. The molecule has 0 spiro atoms. The number of unbranched alkanes of at least 4 members (excludes halogenated alkanes) is 1. The summed E-state index contributed by atoms with van der Waals surface area (Å²) in [6.07, 6.45) is 3.10. The van der Waals surface area contributed by atoms with Gasteiger partial charge in [-0.1, -0.05) is 6.08 Å². The number of ether oxygens (including phenoxy) is 1. The number of aromatic carboxylic acids is 1. The van der Waals surface area contributed by atoms with E-state index in [4.69, 9.17) is 9.84 Å². The Balaban J connectivity index is 3.12. The number of carboxylic acids is 1. The van der Waals surface area contributed by atoms with Crippen molar-refractivity contribution in [3.8, 4) is 5.75 Å². The van der Waals surface area contributed by atoms with Gasteiger partial charge >= 0.3 is 5.97 Å². The molecule has 0 radical (unpaired) electrons. The normalized spacial score (nSPS) is 11.4. The van der Waals surface area contributed by atoms with Crippen LogP contribution in [0.25, 0.3) is 0 Å². The summed E-state index contributed by atoms with van der Waals surface area (Å²) in [6, 6.07) is 3.70. The fraction of sp³-hybridized carbons (Fsp3) is 0.357. The van der Waals surface area contributed by atoms with Gasteiger partial charge in [-0.3, -0.25) is 0 Å². The van der Waals surface area contributed by atoms with E-state index in [1.54, 1.807) is 6.08 Å². The van der Waals surface area contributed by atoms with Crippen LogP contribution in [0.5, 0.6) is 5.75 Å². The third-order valence-electron chi connectivity index (χ3n) is 2.98. The third-order valence-corrected chi connectivity index (χ3v) is 4.88. The second-order valence-electron chi connectivity index (χ2n) is 4.43. The van der Waals surface area contributed by atoms with Crippen LogP contribution in [0.15, 0.2) is 35.7 Å². The van der Waals surface area contributed by atoms with Gasteiger partial charge in [-0.2, -0.15) is 0 Å². The smallest absolute Gasteiger partial charge is 0.335 e. The Morgan fingerprint density at radius 1 is 1.48 bits per heavy atom. The molecule has 0 bridgehead atoms. The van der Waals surface area contributed by atoms with Crippen molar-refractivity contribution in [1.82, 2.24) is 4.31 Å². The molecule has 0 fully saturated rings. The summed E-state index contributed by atoms with van der Waals surface area (Å²) in [5.74, 6) is -1.12. The molecule has 1 aromatic rings. The number of hydrogen-bond acceptors (Lipinski definition) is 4. The van der Waals surface area contributed by atoms with Crippen molar-refractivity contribution in [2.24, 2.45) is 0 Å². The van der Waals surface area contributed by atoms with E-state index in [-0.39, 0.29) is 16.2 Å². The molecule has 1 N–H and O–H groups in total. The summed E-state index contributed by atoms with van der Waals surface area (Å²) in [5, 5.41) is 8.93. The number of carbonyl (C=O) groups is 1. The van der Waals surface area contributed by atoms with Gasteiger partial charge in [0.25, 0.3) is 0 Å². The first-order valence-electron chi connectivity index (χ1n) is 6.33. The molecule has 0 atom stereocenters. The number of allylic oxidation sites excluding steroid dienone is 1. The standard InChI is InChI=1S/C14H19NO5S/c1-4-5-6-9-15(2)21(18,19)13-8-7-11(14(16)17)10-12(13)20-3/h4,7-8,10H,1,5-6,9H2,2-3H3,(H,16,17). The summed E-state index contributed by atoms with van der Waals surface area (Å²) in [6.45, 7) is 3.93. The molecule has 0 aliphatic heterocycles. The van der Waals surface area contributed by atoms with Crippen LogP contribution in [-0.2, 0) is 10.0 Å². The fourth-order valence-corrected chi connectivity index (χ4v) is 3.10. The summed E-state index contributed by atoms with van der Waals surface area (Å²) >= 11 is 0. The van der Waals surface area contributed by atoms with Crippen molar-refractivity contribution in [1.29, 1.82) is 0 Å². The maximum absolute atomic E-state index is 12.5. The zero-order valence-corrected chi connectivity index (χ0v) is 12.9. The van der Waals surface area contributed by atoms with Crippen molar-refractivity contribution in [3.63, 3.8) is 0 Å². The molecule has 7 heteroatoms. The average Bonchev–Trinajstić information content (AvgIpc) is 2.46. The minimum atomic E-state index is -3.72. The topological polar surface area (TPSA) is 83.9 Å². The van der Waals surface area contributed by atoms with Gasteiger partial charge in [-0.05, 0) is 31.0 Å². The van der Waals surface area contributed by atoms with Crippen molar-refractivity contribution in [2.45, 2.75) is 17.7 Å². The first-order chi connectivity index (χ1) is 9.84. The molecule has 0 aromatic heterocycles. The first-order valence-corrected chi connectivity index (χ1v) is 7.77. The predicted molar refractivity (Wildman–Crippen MR) is 79.2 cm³/mol. The monoisotopic (exact) mass is 313 g/mol. The van der Waals surface area contributed by atoms with E-state index in [9.17, 15) is 13.2 Å². The number of nitrogens with zero attached hydrogens (tertiary/aromatic N) is 1. The Bertz CT molecular complexity index is 624. The second kappa shape index (κ2) is 7.24. The van der Waals surface area contributed by atoms with Crippen molar-refractivity contribution < 1.29 is 23.1 Å². The van der Waals surface area contributed by atoms with Crippen LogP contribution in [0.3, 0.4) is 0 Å². The molecular weight excluding hydrogens is 294 g/mol. The molecule has 116 valence electrons.